The van der Waals surface area contributed by atoms with Crippen LogP contribution in [0.2, 0.25) is 0 Å². The van der Waals surface area contributed by atoms with Gasteiger partial charge in [-0.2, -0.15) is 15.0 Å². The zero-order chi connectivity index (χ0) is 24.2. The molecule has 0 fully saturated rings. The first-order chi connectivity index (χ1) is 15.2. The van der Waals surface area contributed by atoms with Gasteiger partial charge in [0.2, 0.25) is 17.5 Å². The molecule has 3 heterocycles. The van der Waals surface area contributed by atoms with Crippen molar-refractivity contribution in [2.45, 2.75) is 11.4 Å². The van der Waals surface area contributed by atoms with Gasteiger partial charge in [0.05, 0.1) is 0 Å². The average Bonchev–Trinajstić information content (AvgIpc) is 3.46. The van der Waals surface area contributed by atoms with Crippen molar-refractivity contribution in [2.75, 3.05) is 0 Å². The van der Waals surface area contributed by atoms with E-state index < -0.39 is 11.4 Å². The van der Waals surface area contributed by atoms with Crippen LogP contribution in [0, 0.1) is 0 Å². The Balaban J connectivity index is 1.85. The molecule has 0 amide bonds. The molecule has 1 aromatic carbocycles. The third kappa shape index (κ3) is 5.74. The van der Waals surface area contributed by atoms with Gasteiger partial charge >= 0.3 is 0 Å². The molecule has 0 radical (unpaired) electrons. The summed E-state index contributed by atoms with van der Waals surface area (Å²) < 4.78 is 9.86. The largest absolute Gasteiger partial charge is 0.334 e. The Bertz CT molecular complexity index is 1130. The van der Waals surface area contributed by atoms with E-state index in [2.05, 4.69) is 30.4 Å². The van der Waals surface area contributed by atoms with Crippen LogP contribution in [0.1, 0.15) is 17.5 Å². The van der Waals surface area contributed by atoms with E-state index in [1.807, 2.05) is 0 Å². The zero-order valence-corrected chi connectivity index (χ0v) is 21.8. The monoisotopic (exact) mass is 630 g/mol. The Labute approximate surface area is 228 Å². The van der Waals surface area contributed by atoms with Gasteiger partial charge in [0.15, 0.2) is 0 Å². The van der Waals surface area contributed by atoms with Crippen LogP contribution >= 0.6 is 104 Å². The van der Waals surface area contributed by atoms with Gasteiger partial charge in [-0.15, -0.1) is 0 Å². The number of aromatic nitrogens is 6. The van der Waals surface area contributed by atoms with E-state index in [0.29, 0.717) is 16.7 Å². The lowest BCUT2D eigenvalue weighted by molar-refractivity contribution is 0.421. The molecule has 0 bridgehead atoms. The van der Waals surface area contributed by atoms with Crippen molar-refractivity contribution in [3.05, 3.63) is 35.7 Å². The SMILES string of the molecule is ClC(Cl)(Cl)c1noc(-c2cc(-c3nc(C(Cl)(Cl)Cl)no3)cc(-c3nc(C(Cl)(Cl)Cl)no3)c2)n1. The number of hydrogen-bond donors (Lipinski definition) is 0. The molecule has 4 rings (SSSR count). The van der Waals surface area contributed by atoms with Crippen LogP contribution in [-0.4, -0.2) is 30.4 Å². The van der Waals surface area contributed by atoms with Crippen molar-refractivity contribution in [2.24, 2.45) is 0 Å². The lowest BCUT2D eigenvalue weighted by Crippen LogP contribution is -2.02. The predicted molar refractivity (Wildman–Crippen MR) is 124 cm³/mol. The topological polar surface area (TPSA) is 117 Å². The van der Waals surface area contributed by atoms with Crippen LogP contribution in [0.5, 0.6) is 0 Å². The Morgan fingerprint density at radius 1 is 0.455 bits per heavy atom. The van der Waals surface area contributed by atoms with Crippen LogP contribution in [-0.2, 0) is 11.4 Å². The van der Waals surface area contributed by atoms with E-state index in [1.54, 1.807) is 18.2 Å². The fraction of sp³-hybridized carbons (Fsp3) is 0.200. The van der Waals surface area contributed by atoms with Crippen molar-refractivity contribution in [3.8, 4) is 34.4 Å². The quantitative estimate of drug-likeness (QED) is 0.214. The molecule has 33 heavy (non-hydrogen) atoms. The summed E-state index contributed by atoms with van der Waals surface area (Å²) >= 11 is 52.3. The van der Waals surface area contributed by atoms with E-state index >= 15 is 0 Å². The highest BCUT2D eigenvalue weighted by Gasteiger charge is 2.33. The normalized spacial score (nSPS) is 13.0. The molecular formula is C15H3Cl9N6O3. The van der Waals surface area contributed by atoms with Crippen LogP contribution < -0.4 is 0 Å². The summed E-state index contributed by atoms with van der Waals surface area (Å²) in [4.78, 5) is 12.2. The molecule has 4 aromatic rings. The Morgan fingerprint density at radius 2 is 0.697 bits per heavy atom. The van der Waals surface area contributed by atoms with Crippen LogP contribution in [0.25, 0.3) is 34.4 Å². The minimum Gasteiger partial charge on any atom is -0.334 e. The summed E-state index contributed by atoms with van der Waals surface area (Å²) in [5.41, 5.74) is 0.952. The summed E-state index contributed by atoms with van der Waals surface area (Å²) in [5.74, 6) is -0.656. The maximum atomic E-state index is 5.81. The molecule has 0 spiro atoms. The van der Waals surface area contributed by atoms with E-state index in [1.165, 1.54) is 0 Å². The van der Waals surface area contributed by atoms with E-state index in [9.17, 15) is 0 Å². The van der Waals surface area contributed by atoms with Gasteiger partial charge in [0.1, 0.15) is 0 Å². The number of nitrogens with zero attached hydrogens (tertiary/aromatic N) is 6. The van der Waals surface area contributed by atoms with Crippen molar-refractivity contribution in [1.29, 1.82) is 0 Å². The second kappa shape index (κ2) is 9.04. The zero-order valence-electron chi connectivity index (χ0n) is 15.0. The third-order valence-corrected chi connectivity index (χ3v) is 5.23. The first-order valence-corrected chi connectivity index (χ1v) is 11.5. The van der Waals surface area contributed by atoms with E-state index in [4.69, 9.17) is 118 Å². The molecule has 0 aliphatic rings. The minimum atomic E-state index is -1.92. The molecule has 18 heteroatoms. The maximum absolute atomic E-state index is 5.81. The number of halogens is 9. The Morgan fingerprint density at radius 3 is 0.879 bits per heavy atom. The van der Waals surface area contributed by atoms with E-state index in [-0.39, 0.29) is 35.1 Å². The molecule has 174 valence electrons. The van der Waals surface area contributed by atoms with E-state index in [0.717, 1.165) is 0 Å². The van der Waals surface area contributed by atoms with Crippen LogP contribution in [0.15, 0.2) is 31.8 Å². The van der Waals surface area contributed by atoms with Gasteiger partial charge in [-0.3, -0.25) is 0 Å². The van der Waals surface area contributed by atoms with Crippen LogP contribution in [0.3, 0.4) is 0 Å². The first-order valence-electron chi connectivity index (χ1n) is 8.11. The van der Waals surface area contributed by atoms with Crippen molar-refractivity contribution in [1.82, 2.24) is 30.4 Å². The molecule has 0 atom stereocenters. The lowest BCUT2D eigenvalue weighted by Gasteiger charge is -2.04. The van der Waals surface area contributed by atoms with Crippen molar-refractivity contribution >= 4 is 104 Å². The van der Waals surface area contributed by atoms with Crippen molar-refractivity contribution in [3.63, 3.8) is 0 Å². The molecule has 0 aliphatic heterocycles. The fourth-order valence-corrected chi connectivity index (χ4v) is 3.06. The van der Waals surface area contributed by atoms with Gasteiger partial charge in [-0.25, -0.2) is 0 Å². The van der Waals surface area contributed by atoms with Gasteiger partial charge in [-0.1, -0.05) is 120 Å². The van der Waals surface area contributed by atoms with Crippen LogP contribution in [0.4, 0.5) is 0 Å². The van der Waals surface area contributed by atoms with Gasteiger partial charge in [0.25, 0.3) is 29.0 Å². The second-order valence-corrected chi connectivity index (χ2v) is 12.9. The lowest BCUT2D eigenvalue weighted by atomic mass is 10.1. The molecule has 0 saturated heterocycles. The predicted octanol–water partition coefficient (Wildman–Crippen LogP) is 7.32. The second-order valence-electron chi connectivity index (χ2n) is 6.06. The summed E-state index contributed by atoms with van der Waals surface area (Å²) in [6, 6.07) is 4.63. The molecular weight excluding hydrogens is 631 g/mol. The molecule has 0 unspecified atom stereocenters. The van der Waals surface area contributed by atoms with Crippen molar-refractivity contribution < 1.29 is 13.6 Å². The smallest absolute Gasteiger partial charge is 0.258 e. The summed E-state index contributed by atoms with van der Waals surface area (Å²) in [5, 5.41) is 11.0. The number of alkyl halides is 9. The molecule has 3 aromatic heterocycles. The molecule has 0 aliphatic carbocycles. The summed E-state index contributed by atoms with van der Waals surface area (Å²) in [7, 11) is 0. The van der Waals surface area contributed by atoms with Gasteiger partial charge < -0.3 is 13.6 Å². The molecule has 0 saturated carbocycles. The highest BCUT2D eigenvalue weighted by Crippen LogP contribution is 2.41. The fourth-order valence-electron chi connectivity index (χ4n) is 2.37. The molecule has 9 nitrogen and oxygen atoms in total. The van der Waals surface area contributed by atoms with Gasteiger partial charge in [-0.05, 0) is 18.2 Å². The van der Waals surface area contributed by atoms with Gasteiger partial charge in [0, 0.05) is 16.7 Å². The minimum absolute atomic E-state index is 0.0262. The Kier molecular flexibility index (Phi) is 6.94. The molecule has 0 N–H and O–H groups in total. The summed E-state index contributed by atoms with van der Waals surface area (Å²) in [6.07, 6.45) is 0. The standard InChI is InChI=1S/C15H3Cl9N6O3/c16-13(17,18)10-25-7(31-28-10)4-1-5(8-26-11(29-32-8)14(19,20)21)3-6(2-4)9-27-12(30-33-9)15(22,23)24/h1-3H. The first kappa shape index (κ1) is 25.3. The average molecular weight is 634 g/mol. The number of benzene rings is 1. The highest BCUT2D eigenvalue weighted by molar-refractivity contribution is 6.67. The third-order valence-electron chi connectivity index (χ3n) is 3.71. The number of rotatable bonds is 3. The maximum Gasteiger partial charge on any atom is 0.258 e. The highest BCUT2D eigenvalue weighted by atomic mass is 35.6. The Hall–Kier alpha value is -0.750. The number of hydrogen-bond acceptors (Lipinski definition) is 9. The summed E-state index contributed by atoms with van der Waals surface area (Å²) in [6.45, 7) is 0.